The number of aromatic hydroxyl groups is 1. The summed E-state index contributed by atoms with van der Waals surface area (Å²) in [5, 5.41) is 15.3. The fourth-order valence-corrected chi connectivity index (χ4v) is 2.73. The number of alkyl halides is 3. The van der Waals surface area contributed by atoms with Gasteiger partial charge in [0.2, 0.25) is 0 Å². The van der Waals surface area contributed by atoms with Crippen LogP contribution in [0.4, 0.5) is 24.5 Å². The number of rotatable bonds is 3. The Labute approximate surface area is 157 Å². The number of amides is 2. The Hall–Kier alpha value is -3.55. The lowest BCUT2D eigenvalue weighted by molar-refractivity contribution is -0.167. The smallest absolute Gasteiger partial charge is 0.471 e. The monoisotopic (exact) mass is 388 g/mol. The van der Waals surface area contributed by atoms with Gasteiger partial charge in [0.05, 0.1) is 5.56 Å². The van der Waals surface area contributed by atoms with Crippen molar-refractivity contribution in [3.8, 4) is 5.75 Å². The maximum Gasteiger partial charge on any atom is 0.471 e. The molecule has 0 aliphatic carbocycles. The number of halogens is 3. The molecule has 8 heteroatoms. The van der Waals surface area contributed by atoms with Crippen LogP contribution in [0.15, 0.2) is 54.6 Å². The first kappa shape index (κ1) is 19.2. The first-order chi connectivity index (χ1) is 13.2. The van der Waals surface area contributed by atoms with Crippen molar-refractivity contribution in [2.24, 2.45) is 0 Å². The molecule has 0 fully saturated rings. The van der Waals surface area contributed by atoms with Crippen molar-refractivity contribution in [3.63, 3.8) is 0 Å². The van der Waals surface area contributed by atoms with Crippen molar-refractivity contribution in [1.29, 1.82) is 0 Å². The van der Waals surface area contributed by atoms with E-state index in [4.69, 9.17) is 0 Å². The van der Waals surface area contributed by atoms with Crippen molar-refractivity contribution in [3.05, 3.63) is 65.7 Å². The Bertz CT molecular complexity index is 1080. The van der Waals surface area contributed by atoms with E-state index in [1.54, 1.807) is 17.4 Å². The van der Waals surface area contributed by atoms with Crippen LogP contribution >= 0.6 is 0 Å². The van der Waals surface area contributed by atoms with Gasteiger partial charge in [-0.1, -0.05) is 36.4 Å². The molecule has 3 rings (SSSR count). The maximum atomic E-state index is 12.5. The van der Waals surface area contributed by atoms with Gasteiger partial charge in [-0.2, -0.15) is 13.2 Å². The first-order valence-corrected chi connectivity index (χ1v) is 8.18. The van der Waals surface area contributed by atoms with Crippen LogP contribution in [0.25, 0.3) is 10.8 Å². The van der Waals surface area contributed by atoms with E-state index in [0.29, 0.717) is 5.69 Å². The molecule has 3 aromatic carbocycles. The van der Waals surface area contributed by atoms with Crippen LogP contribution in [0.1, 0.15) is 15.9 Å². The summed E-state index contributed by atoms with van der Waals surface area (Å²) in [4.78, 5) is 23.7. The van der Waals surface area contributed by atoms with Gasteiger partial charge in [0.25, 0.3) is 5.91 Å². The molecule has 0 unspecified atom stereocenters. The molecule has 0 heterocycles. The highest BCUT2D eigenvalue weighted by molar-refractivity contribution is 6.12. The summed E-state index contributed by atoms with van der Waals surface area (Å²) in [5.41, 5.74) is 1.22. The number of aryl methyl sites for hydroxylation is 1. The lowest BCUT2D eigenvalue weighted by Crippen LogP contribution is -2.29. The van der Waals surface area contributed by atoms with Gasteiger partial charge in [0, 0.05) is 22.1 Å². The van der Waals surface area contributed by atoms with Crippen LogP contribution in [-0.4, -0.2) is 23.1 Å². The van der Waals surface area contributed by atoms with Crippen LogP contribution in [0.2, 0.25) is 0 Å². The van der Waals surface area contributed by atoms with Gasteiger partial charge in [-0.05, 0) is 30.7 Å². The molecule has 144 valence electrons. The number of phenols is 1. The third kappa shape index (κ3) is 3.75. The molecular weight excluding hydrogens is 373 g/mol. The van der Waals surface area contributed by atoms with E-state index in [2.05, 4.69) is 5.32 Å². The Morgan fingerprint density at radius 1 is 0.857 bits per heavy atom. The minimum atomic E-state index is -5.04. The lowest BCUT2D eigenvalue weighted by Gasteiger charge is -2.14. The third-order valence-corrected chi connectivity index (χ3v) is 4.18. The van der Waals surface area contributed by atoms with Gasteiger partial charge in [0.1, 0.15) is 5.75 Å². The topological polar surface area (TPSA) is 78.4 Å². The number of nitrogens with one attached hydrogen (secondary N) is 2. The molecule has 0 bridgehead atoms. The number of carbonyl (C=O) groups is 2. The van der Waals surface area contributed by atoms with E-state index in [9.17, 15) is 27.9 Å². The summed E-state index contributed by atoms with van der Waals surface area (Å²) < 4.78 is 37.5. The number of para-hydroxylation sites is 1. The molecule has 0 saturated carbocycles. The second-order valence-corrected chi connectivity index (χ2v) is 6.08. The Morgan fingerprint density at radius 2 is 1.54 bits per heavy atom. The molecule has 0 aliphatic heterocycles. The highest BCUT2D eigenvalue weighted by Crippen LogP contribution is 2.34. The average Bonchev–Trinajstić information content (AvgIpc) is 2.63. The Morgan fingerprint density at radius 3 is 2.21 bits per heavy atom. The Balaban J connectivity index is 1.97. The summed E-state index contributed by atoms with van der Waals surface area (Å²) in [6, 6.07) is 13.8. The van der Waals surface area contributed by atoms with Crippen molar-refractivity contribution in [2.45, 2.75) is 13.1 Å². The number of anilines is 2. The summed E-state index contributed by atoms with van der Waals surface area (Å²) in [6.07, 6.45) is -5.04. The molecule has 0 radical (unpaired) electrons. The largest absolute Gasteiger partial charge is 0.506 e. The van der Waals surface area contributed by atoms with Gasteiger partial charge in [-0.15, -0.1) is 0 Å². The molecule has 3 aromatic rings. The van der Waals surface area contributed by atoms with Gasteiger partial charge in [-0.3, -0.25) is 9.59 Å². The van der Waals surface area contributed by atoms with Crippen molar-refractivity contribution >= 4 is 34.0 Å². The predicted octanol–water partition coefficient (Wildman–Crippen LogP) is 4.61. The molecule has 28 heavy (non-hydrogen) atoms. The fraction of sp³-hybridized carbons (Fsp3) is 0.100. The lowest BCUT2D eigenvalue weighted by atomic mass is 10.0. The van der Waals surface area contributed by atoms with Crippen molar-refractivity contribution < 1.29 is 27.9 Å². The van der Waals surface area contributed by atoms with E-state index >= 15 is 0 Å². The summed E-state index contributed by atoms with van der Waals surface area (Å²) in [7, 11) is 0. The summed E-state index contributed by atoms with van der Waals surface area (Å²) in [6.45, 7) is 1.81. The number of fused-ring (bicyclic) bond motifs is 1. The molecule has 0 spiro atoms. The number of phenolic OH excluding ortho intramolecular Hbond substituents is 1. The second-order valence-electron chi connectivity index (χ2n) is 6.08. The summed E-state index contributed by atoms with van der Waals surface area (Å²) >= 11 is 0. The molecular formula is C20H15F3N2O3. The molecule has 2 amide bonds. The van der Waals surface area contributed by atoms with E-state index in [1.807, 2.05) is 19.1 Å². The molecule has 0 saturated heterocycles. The van der Waals surface area contributed by atoms with E-state index in [0.717, 1.165) is 5.56 Å². The predicted molar refractivity (Wildman–Crippen MR) is 99.4 cm³/mol. The zero-order chi connectivity index (χ0) is 20.5. The van der Waals surface area contributed by atoms with E-state index in [-0.39, 0.29) is 22.0 Å². The van der Waals surface area contributed by atoms with Crippen LogP contribution in [0.5, 0.6) is 5.75 Å². The van der Waals surface area contributed by atoms with Gasteiger partial charge in [0.15, 0.2) is 0 Å². The number of benzene rings is 3. The minimum absolute atomic E-state index is 0.0462. The molecule has 0 atom stereocenters. The molecule has 5 nitrogen and oxygen atoms in total. The van der Waals surface area contributed by atoms with Crippen molar-refractivity contribution in [1.82, 2.24) is 0 Å². The van der Waals surface area contributed by atoms with Gasteiger partial charge >= 0.3 is 12.1 Å². The van der Waals surface area contributed by atoms with E-state index in [1.165, 1.54) is 30.3 Å². The fourth-order valence-electron chi connectivity index (χ4n) is 2.73. The highest BCUT2D eigenvalue weighted by Gasteiger charge is 2.38. The SMILES string of the molecule is Cc1ccccc1NC(=O)c1ccc2c(NC(=O)C(F)(F)F)cccc2c1O. The zero-order valence-electron chi connectivity index (χ0n) is 14.6. The first-order valence-electron chi connectivity index (χ1n) is 8.18. The number of hydrogen-bond acceptors (Lipinski definition) is 3. The standard InChI is InChI=1S/C20H15F3N2O3/c1-11-5-2-3-7-15(11)24-18(27)14-10-9-12-13(17(14)26)6-4-8-16(12)25-19(28)20(21,22)23/h2-10,26H,1H3,(H,24,27)(H,25,28). The molecule has 0 aliphatic rings. The zero-order valence-corrected chi connectivity index (χ0v) is 14.6. The third-order valence-electron chi connectivity index (χ3n) is 4.18. The normalized spacial score (nSPS) is 11.3. The summed E-state index contributed by atoms with van der Waals surface area (Å²) in [5.74, 6) is -3.09. The number of hydrogen-bond donors (Lipinski definition) is 3. The van der Waals surface area contributed by atoms with Crippen LogP contribution in [-0.2, 0) is 4.79 Å². The second kappa shape index (κ2) is 7.22. The van der Waals surface area contributed by atoms with Crippen LogP contribution in [0.3, 0.4) is 0 Å². The van der Waals surface area contributed by atoms with Crippen molar-refractivity contribution in [2.75, 3.05) is 10.6 Å². The van der Waals surface area contributed by atoms with E-state index < -0.39 is 23.7 Å². The van der Waals surface area contributed by atoms with Crippen LogP contribution in [0, 0.1) is 6.92 Å². The van der Waals surface area contributed by atoms with Crippen LogP contribution < -0.4 is 10.6 Å². The van der Waals surface area contributed by atoms with Gasteiger partial charge in [-0.25, -0.2) is 0 Å². The quantitative estimate of drug-likeness (QED) is 0.613. The Kier molecular flexibility index (Phi) is 4.96. The molecule has 3 N–H and O–H groups in total. The maximum absolute atomic E-state index is 12.5. The number of carbonyl (C=O) groups excluding carboxylic acids is 2. The minimum Gasteiger partial charge on any atom is -0.506 e. The van der Waals surface area contributed by atoms with Gasteiger partial charge < -0.3 is 15.7 Å². The highest BCUT2D eigenvalue weighted by atomic mass is 19.4. The average molecular weight is 388 g/mol. The molecule has 0 aromatic heterocycles.